The number of nitrogens with zero attached hydrogens (tertiary/aromatic N) is 4. The first-order valence-corrected chi connectivity index (χ1v) is 11.8. The molecule has 0 atom stereocenters. The molecular formula is C25H40N6O4. The van der Waals surface area contributed by atoms with Gasteiger partial charge >= 0.3 is 0 Å². The Labute approximate surface area is 208 Å². The molecule has 2 aromatic heterocycles. The van der Waals surface area contributed by atoms with Crippen LogP contribution >= 0.6 is 0 Å². The van der Waals surface area contributed by atoms with Crippen molar-refractivity contribution in [3.05, 3.63) is 35.2 Å². The molecule has 5 N–H and O–H groups in total. The summed E-state index contributed by atoms with van der Waals surface area (Å²) >= 11 is 0. The quantitative estimate of drug-likeness (QED) is 0.554. The Bertz CT molecular complexity index is 930. The zero-order valence-corrected chi connectivity index (χ0v) is 21.5. The first kappa shape index (κ1) is 28.4. The first-order chi connectivity index (χ1) is 17.0. The van der Waals surface area contributed by atoms with E-state index in [4.69, 9.17) is 20.3 Å². The third-order valence-electron chi connectivity index (χ3n) is 5.91. The summed E-state index contributed by atoms with van der Waals surface area (Å²) in [5, 5.41) is 9.01. The lowest BCUT2D eigenvalue weighted by Crippen LogP contribution is -2.42. The molecule has 1 fully saturated rings. The van der Waals surface area contributed by atoms with Crippen LogP contribution in [0, 0.1) is 6.92 Å². The van der Waals surface area contributed by atoms with Crippen LogP contribution < -0.4 is 21.1 Å². The molecule has 3 heterocycles. The number of nitrogen functional groups attached to an aromatic ring is 1. The molecule has 2 aromatic rings. The molecule has 0 amide bonds. The van der Waals surface area contributed by atoms with E-state index >= 15 is 0 Å². The summed E-state index contributed by atoms with van der Waals surface area (Å²) in [5.74, 6) is 1.81. The number of fused-ring (bicyclic) bond motifs is 1. The molecule has 35 heavy (non-hydrogen) atoms. The SMILES string of the molecule is CN.COC.COc1ccc(C2=Cc3c(C)nc(N)nc3N(C3CCC(OCCO)CC3)C2)cn1. The maximum atomic E-state index is 9.01. The monoisotopic (exact) mass is 488 g/mol. The van der Waals surface area contributed by atoms with Crippen LogP contribution in [-0.4, -0.2) is 80.3 Å². The van der Waals surface area contributed by atoms with Gasteiger partial charge < -0.3 is 35.7 Å². The van der Waals surface area contributed by atoms with Gasteiger partial charge in [0.05, 0.1) is 32.1 Å². The molecule has 0 saturated heterocycles. The van der Waals surface area contributed by atoms with Crippen molar-refractivity contribution in [2.24, 2.45) is 5.73 Å². The van der Waals surface area contributed by atoms with Crippen LogP contribution in [0.2, 0.25) is 0 Å². The lowest BCUT2D eigenvalue weighted by molar-refractivity contribution is 0.00585. The number of aryl methyl sites for hydroxylation is 1. The van der Waals surface area contributed by atoms with Crippen molar-refractivity contribution < 1.29 is 19.3 Å². The third-order valence-corrected chi connectivity index (χ3v) is 5.91. The van der Waals surface area contributed by atoms with Crippen molar-refractivity contribution in [1.29, 1.82) is 0 Å². The lowest BCUT2D eigenvalue weighted by atomic mass is 9.89. The van der Waals surface area contributed by atoms with E-state index in [-0.39, 0.29) is 12.7 Å². The van der Waals surface area contributed by atoms with Crippen molar-refractivity contribution in [1.82, 2.24) is 15.0 Å². The topological polar surface area (TPSA) is 142 Å². The van der Waals surface area contributed by atoms with Crippen LogP contribution in [0.15, 0.2) is 18.3 Å². The van der Waals surface area contributed by atoms with Gasteiger partial charge in [0.15, 0.2) is 0 Å². The normalized spacial score (nSPS) is 18.8. The zero-order valence-electron chi connectivity index (χ0n) is 21.5. The molecule has 0 radical (unpaired) electrons. The maximum Gasteiger partial charge on any atom is 0.222 e. The number of aromatic nitrogens is 3. The molecule has 0 unspecified atom stereocenters. The van der Waals surface area contributed by atoms with Gasteiger partial charge in [-0.2, -0.15) is 4.98 Å². The van der Waals surface area contributed by atoms with E-state index in [1.54, 1.807) is 21.3 Å². The van der Waals surface area contributed by atoms with E-state index in [2.05, 4.69) is 36.4 Å². The molecule has 0 spiro atoms. The predicted molar refractivity (Wildman–Crippen MR) is 139 cm³/mol. The number of methoxy groups -OCH3 is 2. The second-order valence-corrected chi connectivity index (χ2v) is 8.22. The fourth-order valence-electron chi connectivity index (χ4n) is 4.36. The summed E-state index contributed by atoms with van der Waals surface area (Å²) in [5.41, 5.74) is 14.6. The molecule has 0 aromatic carbocycles. The van der Waals surface area contributed by atoms with E-state index < -0.39 is 0 Å². The molecule has 10 heteroatoms. The number of aliphatic hydroxyl groups is 1. The molecular weight excluding hydrogens is 448 g/mol. The molecule has 1 saturated carbocycles. The molecule has 2 aliphatic rings. The first-order valence-electron chi connectivity index (χ1n) is 11.8. The van der Waals surface area contributed by atoms with Gasteiger partial charge in [0, 0.05) is 44.6 Å². The largest absolute Gasteiger partial charge is 0.481 e. The number of pyridine rings is 1. The van der Waals surface area contributed by atoms with Crippen molar-refractivity contribution in [2.45, 2.75) is 44.8 Å². The second-order valence-electron chi connectivity index (χ2n) is 8.22. The number of rotatable bonds is 6. The van der Waals surface area contributed by atoms with Gasteiger partial charge in [0.2, 0.25) is 11.8 Å². The molecule has 4 rings (SSSR count). The van der Waals surface area contributed by atoms with Gasteiger partial charge in [0.25, 0.3) is 0 Å². The zero-order chi connectivity index (χ0) is 25.8. The van der Waals surface area contributed by atoms with Crippen molar-refractivity contribution in [2.75, 3.05) is 58.8 Å². The highest BCUT2D eigenvalue weighted by atomic mass is 16.5. The smallest absolute Gasteiger partial charge is 0.222 e. The molecule has 194 valence electrons. The summed E-state index contributed by atoms with van der Waals surface area (Å²) in [6.45, 7) is 3.19. The third kappa shape index (κ3) is 7.60. The summed E-state index contributed by atoms with van der Waals surface area (Å²) in [6.07, 6.45) is 8.18. The maximum absolute atomic E-state index is 9.01. The van der Waals surface area contributed by atoms with Crippen LogP contribution in [0.3, 0.4) is 0 Å². The summed E-state index contributed by atoms with van der Waals surface area (Å²) in [7, 11) is 6.37. The van der Waals surface area contributed by atoms with Gasteiger partial charge in [-0.15, -0.1) is 0 Å². The standard InChI is InChI=1S/C22H29N5O3.C2H6O.CH5N/c1-14-19-11-16(15-3-8-20(29-2)24-12-15)13-27(21(19)26-22(23)25-14)17-4-6-18(7-5-17)30-10-9-28;1-3-2;1-2/h3,8,11-12,17-18,28H,4-7,9-10,13H2,1-2H3,(H2,23,25,26);1-2H3;2H2,1H3. The minimum atomic E-state index is 0.0684. The summed E-state index contributed by atoms with van der Waals surface area (Å²) in [6, 6.07) is 4.27. The Hall–Kier alpha value is -2.79. The molecule has 1 aliphatic heterocycles. The Kier molecular flexibility index (Phi) is 11.8. The Morgan fingerprint density at radius 2 is 1.77 bits per heavy atom. The molecule has 0 bridgehead atoms. The highest BCUT2D eigenvalue weighted by Crippen LogP contribution is 2.37. The van der Waals surface area contributed by atoms with Crippen LogP contribution in [0.4, 0.5) is 11.8 Å². The number of hydrogen-bond acceptors (Lipinski definition) is 10. The van der Waals surface area contributed by atoms with Gasteiger partial charge in [-0.25, -0.2) is 9.97 Å². The number of anilines is 2. The Morgan fingerprint density at radius 1 is 1.09 bits per heavy atom. The van der Waals surface area contributed by atoms with E-state index in [1.165, 1.54) is 12.6 Å². The highest BCUT2D eigenvalue weighted by molar-refractivity contribution is 5.91. The number of aliphatic hydroxyl groups excluding tert-OH is 1. The Balaban J connectivity index is 0.000000803. The fourth-order valence-corrected chi connectivity index (χ4v) is 4.36. The van der Waals surface area contributed by atoms with Crippen LogP contribution in [0.25, 0.3) is 11.6 Å². The summed E-state index contributed by atoms with van der Waals surface area (Å²) < 4.78 is 15.2. The summed E-state index contributed by atoms with van der Waals surface area (Å²) in [4.78, 5) is 15.7. The van der Waals surface area contributed by atoms with Crippen LogP contribution in [0.1, 0.15) is 42.5 Å². The minimum absolute atomic E-state index is 0.0684. The Morgan fingerprint density at radius 3 is 2.34 bits per heavy atom. The predicted octanol–water partition coefficient (Wildman–Crippen LogP) is 2.29. The highest BCUT2D eigenvalue weighted by Gasteiger charge is 2.32. The van der Waals surface area contributed by atoms with Crippen LogP contribution in [0.5, 0.6) is 5.88 Å². The average Bonchev–Trinajstić information content (AvgIpc) is 2.89. The van der Waals surface area contributed by atoms with Crippen molar-refractivity contribution in [3.8, 4) is 5.88 Å². The molecule has 1 aliphatic carbocycles. The number of ether oxygens (including phenoxy) is 3. The average molecular weight is 489 g/mol. The van der Waals surface area contributed by atoms with E-state index in [1.807, 2.05) is 25.3 Å². The van der Waals surface area contributed by atoms with Gasteiger partial charge in [-0.1, -0.05) is 0 Å². The second kappa shape index (κ2) is 14.6. The lowest BCUT2D eigenvalue weighted by Gasteiger charge is -2.40. The van der Waals surface area contributed by atoms with Gasteiger partial charge in [-0.3, -0.25) is 0 Å². The van der Waals surface area contributed by atoms with E-state index in [0.29, 0.717) is 24.5 Å². The van der Waals surface area contributed by atoms with Crippen LogP contribution in [-0.2, 0) is 9.47 Å². The van der Waals surface area contributed by atoms with Gasteiger partial charge in [-0.05, 0) is 62.9 Å². The van der Waals surface area contributed by atoms with Gasteiger partial charge in [0.1, 0.15) is 5.82 Å². The molecule has 10 nitrogen and oxygen atoms in total. The van der Waals surface area contributed by atoms with E-state index in [9.17, 15) is 0 Å². The van der Waals surface area contributed by atoms with E-state index in [0.717, 1.165) is 54.9 Å². The minimum Gasteiger partial charge on any atom is -0.481 e. The number of nitrogens with two attached hydrogens (primary N) is 2. The fraction of sp³-hybridized carbons (Fsp3) is 0.560. The van der Waals surface area contributed by atoms with Crippen molar-refractivity contribution in [3.63, 3.8) is 0 Å². The van der Waals surface area contributed by atoms with Crippen molar-refractivity contribution >= 4 is 23.4 Å². The number of hydrogen-bond donors (Lipinski definition) is 3.